The number of nitrogens with one attached hydrogen (secondary N) is 1. The van der Waals surface area contributed by atoms with Crippen LogP contribution in [0.15, 0.2) is 30.7 Å². The molecule has 2 aromatic heterocycles. The van der Waals surface area contributed by atoms with Crippen LogP contribution in [0.3, 0.4) is 0 Å². The number of rotatable bonds is 5. The smallest absolute Gasteiger partial charge is 0.227 e. The molecule has 2 aliphatic heterocycles. The minimum atomic E-state index is -1.09. The first-order chi connectivity index (χ1) is 17.0. The van der Waals surface area contributed by atoms with Crippen molar-refractivity contribution < 1.29 is 14.2 Å². The SMILES string of the molecule is OC1COC[C@H]1N1CCC(c2cc3nc(Nc4cnn(C56CC(C5)C6)c4)ncc3cc2Cl)C(F)C1. The Kier molecular flexibility index (Phi) is 5.07. The Morgan fingerprint density at radius 2 is 2.06 bits per heavy atom. The first kappa shape index (κ1) is 21.9. The van der Waals surface area contributed by atoms with Gasteiger partial charge in [-0.1, -0.05) is 11.6 Å². The van der Waals surface area contributed by atoms with Crippen molar-refractivity contribution >= 4 is 34.1 Å². The van der Waals surface area contributed by atoms with Gasteiger partial charge in [-0.25, -0.2) is 14.4 Å². The van der Waals surface area contributed by atoms with E-state index in [2.05, 4.69) is 20.1 Å². The number of halogens is 2. The third-order valence-corrected chi connectivity index (χ3v) is 8.82. The molecule has 1 aromatic carbocycles. The fraction of sp³-hybridized carbons (Fsp3) is 0.560. The Balaban J connectivity index is 1.10. The highest BCUT2D eigenvalue weighted by molar-refractivity contribution is 6.32. The third kappa shape index (κ3) is 3.63. The number of piperidine rings is 1. The summed E-state index contributed by atoms with van der Waals surface area (Å²) < 4.78 is 22.8. The van der Waals surface area contributed by atoms with Crippen LogP contribution in [0.4, 0.5) is 16.0 Å². The van der Waals surface area contributed by atoms with Crippen molar-refractivity contribution in [2.75, 3.05) is 31.6 Å². The highest BCUT2D eigenvalue weighted by Crippen LogP contribution is 2.62. The first-order valence-corrected chi connectivity index (χ1v) is 12.8. The lowest BCUT2D eigenvalue weighted by atomic mass is 9.50. The quantitative estimate of drug-likeness (QED) is 0.555. The molecule has 10 heteroatoms. The number of anilines is 2. The zero-order valence-electron chi connectivity index (χ0n) is 19.3. The van der Waals surface area contributed by atoms with Gasteiger partial charge in [-0.05, 0) is 55.8 Å². The van der Waals surface area contributed by atoms with Gasteiger partial charge in [0.05, 0.1) is 48.3 Å². The number of hydrogen-bond donors (Lipinski definition) is 2. The molecule has 2 N–H and O–H groups in total. The molecule has 2 saturated heterocycles. The van der Waals surface area contributed by atoms with Crippen molar-refractivity contribution in [3.63, 3.8) is 0 Å². The van der Waals surface area contributed by atoms with Gasteiger partial charge in [-0.3, -0.25) is 9.58 Å². The van der Waals surface area contributed by atoms with Crippen molar-refractivity contribution in [2.45, 2.75) is 55.5 Å². The predicted molar refractivity (Wildman–Crippen MR) is 130 cm³/mol. The number of likely N-dealkylation sites (tertiary alicyclic amines) is 1. The van der Waals surface area contributed by atoms with E-state index in [4.69, 9.17) is 21.3 Å². The fourth-order valence-electron chi connectivity index (χ4n) is 6.36. The Morgan fingerprint density at radius 3 is 2.77 bits per heavy atom. The second-order valence-corrected chi connectivity index (χ2v) is 11.1. The molecule has 0 spiro atoms. The van der Waals surface area contributed by atoms with Crippen molar-refractivity contribution in [2.24, 2.45) is 5.92 Å². The second kappa shape index (κ2) is 8.09. The van der Waals surface area contributed by atoms with Gasteiger partial charge in [0, 0.05) is 35.3 Å². The van der Waals surface area contributed by atoms with Crippen LogP contribution in [-0.4, -0.2) is 74.4 Å². The van der Waals surface area contributed by atoms with Crippen LogP contribution in [-0.2, 0) is 10.3 Å². The van der Waals surface area contributed by atoms with Gasteiger partial charge in [0.15, 0.2) is 0 Å². The first-order valence-electron chi connectivity index (χ1n) is 12.4. The van der Waals surface area contributed by atoms with E-state index < -0.39 is 12.3 Å². The average Bonchev–Trinajstić information content (AvgIpc) is 3.40. The molecule has 4 atom stereocenters. The summed E-state index contributed by atoms with van der Waals surface area (Å²) in [5, 5.41) is 19.3. The van der Waals surface area contributed by atoms with Crippen molar-refractivity contribution in [3.05, 3.63) is 41.3 Å². The Hall–Kier alpha value is -2.33. The zero-order chi connectivity index (χ0) is 23.7. The van der Waals surface area contributed by atoms with Gasteiger partial charge in [0.25, 0.3) is 0 Å². The van der Waals surface area contributed by atoms with Gasteiger partial charge in [0.2, 0.25) is 5.95 Å². The number of aliphatic hydroxyl groups is 1. The van der Waals surface area contributed by atoms with Crippen LogP contribution in [0.25, 0.3) is 10.9 Å². The molecule has 35 heavy (non-hydrogen) atoms. The molecule has 8 nitrogen and oxygen atoms in total. The lowest BCUT2D eigenvalue weighted by Crippen LogP contribution is -2.59. The van der Waals surface area contributed by atoms with Crippen LogP contribution >= 0.6 is 11.6 Å². The molecule has 0 amide bonds. The number of aromatic nitrogens is 4. The highest BCUT2D eigenvalue weighted by atomic mass is 35.5. The van der Waals surface area contributed by atoms with Crippen molar-refractivity contribution in [3.8, 4) is 0 Å². The van der Waals surface area contributed by atoms with E-state index in [1.165, 1.54) is 19.3 Å². The lowest BCUT2D eigenvalue weighted by Gasteiger charge is -2.61. The summed E-state index contributed by atoms with van der Waals surface area (Å²) >= 11 is 6.60. The number of fused-ring (bicyclic) bond motifs is 1. The summed E-state index contributed by atoms with van der Waals surface area (Å²) in [6.07, 6.45) is 8.25. The maximum Gasteiger partial charge on any atom is 0.227 e. The predicted octanol–water partition coefficient (Wildman–Crippen LogP) is 3.62. The largest absolute Gasteiger partial charge is 0.389 e. The lowest BCUT2D eigenvalue weighted by molar-refractivity contribution is -0.0977. The summed E-state index contributed by atoms with van der Waals surface area (Å²) in [6.45, 7) is 1.71. The normalized spacial score (nSPS) is 34.5. The molecular weight excluding hydrogens is 471 g/mol. The average molecular weight is 499 g/mol. The van der Waals surface area contributed by atoms with Crippen LogP contribution in [0.1, 0.15) is 37.2 Å². The molecule has 184 valence electrons. The number of hydrogen-bond acceptors (Lipinski definition) is 7. The zero-order valence-corrected chi connectivity index (χ0v) is 20.0. The molecular formula is C25H28ClFN6O2. The summed E-state index contributed by atoms with van der Waals surface area (Å²) in [7, 11) is 0. The number of aliphatic hydroxyl groups excluding tert-OH is 1. The maximum atomic E-state index is 15.4. The molecule has 8 rings (SSSR count). The number of benzene rings is 1. The van der Waals surface area contributed by atoms with E-state index in [1.807, 2.05) is 29.4 Å². The van der Waals surface area contributed by atoms with Crippen LogP contribution in [0.5, 0.6) is 0 Å². The summed E-state index contributed by atoms with van der Waals surface area (Å²) in [4.78, 5) is 11.1. The van der Waals surface area contributed by atoms with Gasteiger partial charge in [-0.2, -0.15) is 5.10 Å². The van der Waals surface area contributed by atoms with E-state index in [0.717, 1.165) is 28.1 Å². The van der Waals surface area contributed by atoms with E-state index in [1.54, 1.807) is 6.20 Å². The number of nitrogens with zero attached hydrogens (tertiary/aromatic N) is 5. The molecule has 3 unspecified atom stereocenters. The molecule has 5 aliphatic rings. The molecule has 3 aliphatic carbocycles. The molecule has 2 bridgehead atoms. The van der Waals surface area contributed by atoms with E-state index in [-0.39, 0.29) is 24.0 Å². The fourth-order valence-corrected chi connectivity index (χ4v) is 6.67. The minimum absolute atomic E-state index is 0.137. The minimum Gasteiger partial charge on any atom is -0.389 e. The summed E-state index contributed by atoms with van der Waals surface area (Å²) in [5.74, 6) is 1.05. The number of alkyl halides is 1. The molecule has 4 heterocycles. The monoisotopic (exact) mass is 498 g/mol. The maximum absolute atomic E-state index is 15.4. The Labute approximate surface area is 207 Å². The van der Waals surface area contributed by atoms with Gasteiger partial charge < -0.3 is 15.2 Å². The number of ether oxygens (including phenoxy) is 1. The van der Waals surface area contributed by atoms with Crippen LogP contribution < -0.4 is 5.32 Å². The van der Waals surface area contributed by atoms with E-state index >= 15 is 4.39 Å². The van der Waals surface area contributed by atoms with Crippen LogP contribution in [0.2, 0.25) is 5.02 Å². The van der Waals surface area contributed by atoms with Crippen LogP contribution in [0, 0.1) is 5.92 Å². The molecule has 5 fully saturated rings. The van der Waals surface area contributed by atoms with E-state index in [9.17, 15) is 5.11 Å². The molecule has 3 saturated carbocycles. The van der Waals surface area contributed by atoms with Gasteiger partial charge >= 0.3 is 0 Å². The third-order valence-electron chi connectivity index (χ3n) is 8.49. The Bertz CT molecular complexity index is 1270. The van der Waals surface area contributed by atoms with Crippen molar-refractivity contribution in [1.82, 2.24) is 24.6 Å². The van der Waals surface area contributed by atoms with Gasteiger partial charge in [-0.15, -0.1) is 0 Å². The highest BCUT2D eigenvalue weighted by Gasteiger charge is 2.58. The van der Waals surface area contributed by atoms with Gasteiger partial charge in [0.1, 0.15) is 6.17 Å². The Morgan fingerprint density at radius 1 is 1.20 bits per heavy atom. The standard InChI is InChI=1S/C25H28ClFN6O2/c26-19-3-15-8-28-24(30-16-9-29-33(10-16)25-5-14(6-25)7-25)31-21(15)4-18(19)17-1-2-32(11-20(17)27)22-12-35-13-23(22)34/h3-4,8-10,14,17,20,22-23,34H,1-2,5-7,11-13H2,(H,28,30,31)/t14?,17?,20?,22-,23?,25?/m1/s1. The van der Waals surface area contributed by atoms with E-state index in [0.29, 0.717) is 37.2 Å². The summed E-state index contributed by atoms with van der Waals surface area (Å²) in [5.41, 5.74) is 2.60. The molecule has 0 radical (unpaired) electrons. The molecule has 3 aromatic rings. The topological polar surface area (TPSA) is 88.3 Å². The summed E-state index contributed by atoms with van der Waals surface area (Å²) in [6, 6.07) is 3.59. The second-order valence-electron chi connectivity index (χ2n) is 10.7. The van der Waals surface area contributed by atoms with Crippen molar-refractivity contribution in [1.29, 1.82) is 0 Å².